The van der Waals surface area contributed by atoms with Crippen LogP contribution >= 0.6 is 0 Å². The van der Waals surface area contributed by atoms with Crippen LogP contribution in [0, 0.1) is 0 Å². The summed E-state index contributed by atoms with van der Waals surface area (Å²) < 4.78 is 0. The van der Waals surface area contributed by atoms with Crippen molar-refractivity contribution in [3.8, 4) is 0 Å². The number of aliphatic hydroxyl groups is 1. The Morgan fingerprint density at radius 2 is 1.43 bits per heavy atom. The summed E-state index contributed by atoms with van der Waals surface area (Å²) in [7, 11) is 0. The van der Waals surface area contributed by atoms with Crippen molar-refractivity contribution in [2.24, 2.45) is 0 Å². The molecular weight excluding hydrogens is 270 g/mol. The number of aliphatic hydroxyl groups excluding tert-OH is 1. The second-order valence-electron chi connectivity index (χ2n) is 5.70. The molecule has 0 aliphatic heterocycles. The second kappa shape index (κ2) is 12.6. The van der Waals surface area contributed by atoms with E-state index < -0.39 is 18.1 Å². The van der Waals surface area contributed by atoms with Gasteiger partial charge in [0.15, 0.2) is 6.04 Å². The number of aliphatic carboxylic acids is 1. The zero-order valence-electron chi connectivity index (χ0n) is 13.4. The van der Waals surface area contributed by atoms with Gasteiger partial charge in [0, 0.05) is 6.42 Å². The first-order valence-electron chi connectivity index (χ1n) is 8.19. The fourth-order valence-electron chi connectivity index (χ4n) is 2.23. The van der Waals surface area contributed by atoms with E-state index in [0.29, 0.717) is 6.42 Å². The van der Waals surface area contributed by atoms with Gasteiger partial charge >= 0.3 is 5.97 Å². The minimum atomic E-state index is -1.21. The van der Waals surface area contributed by atoms with Gasteiger partial charge in [-0.1, -0.05) is 58.3 Å². The zero-order valence-corrected chi connectivity index (χ0v) is 13.4. The molecular formula is C16H31NO4. The first kappa shape index (κ1) is 19.9. The van der Waals surface area contributed by atoms with Crippen LogP contribution in [0.25, 0.3) is 0 Å². The van der Waals surface area contributed by atoms with E-state index in [1.54, 1.807) is 0 Å². The van der Waals surface area contributed by atoms with Crippen molar-refractivity contribution in [3.05, 3.63) is 0 Å². The molecule has 0 saturated carbocycles. The van der Waals surface area contributed by atoms with Gasteiger partial charge in [0.25, 0.3) is 0 Å². The number of amides is 1. The summed E-state index contributed by atoms with van der Waals surface area (Å²) in [5.41, 5.74) is 0. The molecule has 2 unspecified atom stereocenters. The average Bonchev–Trinajstić information content (AvgIpc) is 2.42. The summed E-state index contributed by atoms with van der Waals surface area (Å²) in [6.45, 7) is 3.56. The van der Waals surface area contributed by atoms with Crippen LogP contribution in [0.15, 0.2) is 0 Å². The minimum absolute atomic E-state index is 0.300. The van der Waals surface area contributed by atoms with E-state index in [1.807, 2.05) is 0 Å². The predicted octanol–water partition coefficient (Wildman–Crippen LogP) is 2.86. The second-order valence-corrected chi connectivity index (χ2v) is 5.70. The lowest BCUT2D eigenvalue weighted by Gasteiger charge is -2.16. The number of rotatable bonds is 13. The van der Waals surface area contributed by atoms with E-state index in [2.05, 4.69) is 12.2 Å². The van der Waals surface area contributed by atoms with E-state index in [1.165, 1.54) is 45.4 Å². The number of carbonyl (C=O) groups is 2. The van der Waals surface area contributed by atoms with E-state index in [0.717, 1.165) is 19.3 Å². The molecule has 5 nitrogen and oxygen atoms in total. The normalized spacial score (nSPS) is 13.7. The lowest BCUT2D eigenvalue weighted by molar-refractivity contribution is -0.144. The zero-order chi connectivity index (χ0) is 16.1. The van der Waals surface area contributed by atoms with E-state index >= 15 is 0 Å². The van der Waals surface area contributed by atoms with Gasteiger partial charge in [-0.15, -0.1) is 0 Å². The molecule has 0 aliphatic carbocycles. The number of hydrogen-bond acceptors (Lipinski definition) is 3. The third-order valence-corrected chi connectivity index (χ3v) is 3.57. The number of hydrogen-bond donors (Lipinski definition) is 3. The van der Waals surface area contributed by atoms with Crippen molar-refractivity contribution in [1.29, 1.82) is 0 Å². The standard InChI is InChI=1S/C16H31NO4/c1-3-4-5-6-7-8-9-10-11-12-14(19)17-15(13(2)18)16(20)21/h13,15,18H,3-12H2,1-2H3,(H,17,19)(H,20,21). The fourth-order valence-corrected chi connectivity index (χ4v) is 2.23. The molecule has 124 valence electrons. The van der Waals surface area contributed by atoms with Gasteiger partial charge in [-0.05, 0) is 13.3 Å². The van der Waals surface area contributed by atoms with Gasteiger partial charge < -0.3 is 15.5 Å². The predicted molar refractivity (Wildman–Crippen MR) is 83.1 cm³/mol. The Balaban J connectivity index is 3.55. The molecule has 0 aromatic rings. The number of carboxylic acid groups (broad SMARTS) is 1. The quantitative estimate of drug-likeness (QED) is 0.457. The van der Waals surface area contributed by atoms with Gasteiger partial charge in [0.2, 0.25) is 5.91 Å². The smallest absolute Gasteiger partial charge is 0.328 e. The van der Waals surface area contributed by atoms with Crippen molar-refractivity contribution in [2.45, 2.75) is 90.2 Å². The summed E-state index contributed by atoms with van der Waals surface area (Å²) in [5, 5.41) is 20.5. The molecule has 0 saturated heterocycles. The summed E-state index contributed by atoms with van der Waals surface area (Å²) in [6.07, 6.45) is 9.77. The molecule has 0 bridgehead atoms. The van der Waals surface area contributed by atoms with Crippen molar-refractivity contribution in [1.82, 2.24) is 5.32 Å². The number of carboxylic acids is 1. The third kappa shape index (κ3) is 11.3. The van der Waals surface area contributed by atoms with Crippen molar-refractivity contribution in [3.63, 3.8) is 0 Å². The van der Waals surface area contributed by atoms with Crippen LogP contribution in [0.3, 0.4) is 0 Å². The van der Waals surface area contributed by atoms with Gasteiger partial charge in [-0.3, -0.25) is 4.79 Å². The molecule has 0 aromatic heterocycles. The van der Waals surface area contributed by atoms with Crippen LogP contribution < -0.4 is 5.32 Å². The highest BCUT2D eigenvalue weighted by Crippen LogP contribution is 2.10. The van der Waals surface area contributed by atoms with Crippen molar-refractivity contribution in [2.75, 3.05) is 0 Å². The van der Waals surface area contributed by atoms with Gasteiger partial charge in [0.05, 0.1) is 6.10 Å². The molecule has 3 N–H and O–H groups in total. The first-order chi connectivity index (χ1) is 9.99. The minimum Gasteiger partial charge on any atom is -0.480 e. The van der Waals surface area contributed by atoms with Crippen LogP contribution in [0.4, 0.5) is 0 Å². The average molecular weight is 301 g/mol. The molecule has 2 atom stereocenters. The summed E-state index contributed by atoms with van der Waals surface area (Å²) in [6, 6.07) is -1.21. The SMILES string of the molecule is CCCCCCCCCCCC(=O)NC(C(=O)O)C(C)O. The highest BCUT2D eigenvalue weighted by molar-refractivity contribution is 5.83. The molecule has 0 fully saturated rings. The molecule has 0 aromatic carbocycles. The molecule has 0 heterocycles. The number of unbranched alkanes of at least 4 members (excludes halogenated alkanes) is 8. The van der Waals surface area contributed by atoms with Gasteiger partial charge in [-0.2, -0.15) is 0 Å². The number of carbonyl (C=O) groups excluding carboxylic acids is 1. The molecule has 0 radical (unpaired) electrons. The Hall–Kier alpha value is -1.10. The Bertz CT molecular complexity index is 292. The van der Waals surface area contributed by atoms with Crippen molar-refractivity contribution >= 4 is 11.9 Å². The van der Waals surface area contributed by atoms with E-state index in [9.17, 15) is 14.7 Å². The maximum Gasteiger partial charge on any atom is 0.328 e. The molecule has 0 rings (SSSR count). The van der Waals surface area contributed by atoms with Crippen molar-refractivity contribution < 1.29 is 19.8 Å². The monoisotopic (exact) mass is 301 g/mol. The first-order valence-corrected chi connectivity index (χ1v) is 8.19. The van der Waals surface area contributed by atoms with Gasteiger partial charge in [-0.25, -0.2) is 4.79 Å². The topological polar surface area (TPSA) is 86.6 Å². The molecule has 0 spiro atoms. The Labute approximate surface area is 128 Å². The van der Waals surface area contributed by atoms with Crippen LogP contribution in [0.2, 0.25) is 0 Å². The van der Waals surface area contributed by atoms with Gasteiger partial charge in [0.1, 0.15) is 0 Å². The maximum atomic E-state index is 11.6. The van der Waals surface area contributed by atoms with Crippen LogP contribution in [-0.2, 0) is 9.59 Å². The fraction of sp³-hybridized carbons (Fsp3) is 0.875. The Morgan fingerprint density at radius 1 is 0.952 bits per heavy atom. The van der Waals surface area contributed by atoms with E-state index in [-0.39, 0.29) is 5.91 Å². The van der Waals surface area contributed by atoms with Crippen LogP contribution in [0.1, 0.15) is 78.1 Å². The highest BCUT2D eigenvalue weighted by atomic mass is 16.4. The molecule has 5 heteroatoms. The lowest BCUT2D eigenvalue weighted by Crippen LogP contribution is -2.47. The third-order valence-electron chi connectivity index (χ3n) is 3.57. The highest BCUT2D eigenvalue weighted by Gasteiger charge is 2.24. The molecule has 1 amide bonds. The molecule has 0 aliphatic rings. The Kier molecular flexibility index (Phi) is 12.0. The summed E-state index contributed by atoms with van der Waals surface area (Å²) >= 11 is 0. The van der Waals surface area contributed by atoms with Crippen LogP contribution in [0.5, 0.6) is 0 Å². The largest absolute Gasteiger partial charge is 0.480 e. The lowest BCUT2D eigenvalue weighted by atomic mass is 10.1. The Morgan fingerprint density at radius 3 is 1.86 bits per heavy atom. The summed E-state index contributed by atoms with van der Waals surface area (Å²) in [5.74, 6) is -1.50. The van der Waals surface area contributed by atoms with Crippen LogP contribution in [-0.4, -0.2) is 34.2 Å². The maximum absolute atomic E-state index is 11.6. The van der Waals surface area contributed by atoms with E-state index in [4.69, 9.17) is 5.11 Å². The number of nitrogens with one attached hydrogen (secondary N) is 1. The molecule has 21 heavy (non-hydrogen) atoms. The summed E-state index contributed by atoms with van der Waals surface area (Å²) in [4.78, 5) is 22.4.